The average Bonchev–Trinajstić information content (AvgIpc) is 3.50. The number of benzene rings is 8. The number of hydrogen-bond donors (Lipinski definition) is 0. The van der Waals surface area contributed by atoms with E-state index in [2.05, 4.69) is 204 Å². The lowest BCUT2D eigenvalue weighted by Gasteiger charge is -2.27. The lowest BCUT2D eigenvalue weighted by Crippen LogP contribution is -2.10. The summed E-state index contributed by atoms with van der Waals surface area (Å²) in [6, 6.07) is 69.9. The van der Waals surface area contributed by atoms with Gasteiger partial charge in [-0.15, -0.1) is 0 Å². The second kappa shape index (κ2) is 11.8. The number of hydrogen-bond acceptors (Lipinski definition) is 1. The Morgan fingerprint density at radius 1 is 0.375 bits per heavy atom. The lowest BCUT2D eigenvalue weighted by molar-refractivity contribution is 1.18. The molecular formula is C46H32N2. The Balaban J connectivity index is 1.35. The van der Waals surface area contributed by atoms with E-state index in [9.17, 15) is 0 Å². The van der Waals surface area contributed by atoms with Crippen LogP contribution in [0.15, 0.2) is 194 Å². The third-order valence-electron chi connectivity index (χ3n) is 9.35. The molecule has 0 unspecified atom stereocenters. The minimum Gasteiger partial charge on any atom is -0.310 e. The zero-order valence-corrected chi connectivity index (χ0v) is 26.4. The largest absolute Gasteiger partial charge is 0.310 e. The highest BCUT2D eigenvalue weighted by molar-refractivity contribution is 6.17. The van der Waals surface area contributed by atoms with Crippen molar-refractivity contribution >= 4 is 49.6 Å². The van der Waals surface area contributed by atoms with Gasteiger partial charge in [0, 0.05) is 33.2 Å². The number of aromatic nitrogens is 1. The van der Waals surface area contributed by atoms with Crippen molar-refractivity contribution in [1.82, 2.24) is 4.57 Å². The number of rotatable bonds is 6. The van der Waals surface area contributed by atoms with Crippen molar-refractivity contribution in [2.75, 3.05) is 4.90 Å². The summed E-state index contributed by atoms with van der Waals surface area (Å²) in [5.74, 6) is 0. The topological polar surface area (TPSA) is 8.17 Å². The van der Waals surface area contributed by atoms with Gasteiger partial charge in [0.25, 0.3) is 0 Å². The van der Waals surface area contributed by atoms with Gasteiger partial charge in [0.05, 0.1) is 16.7 Å². The van der Waals surface area contributed by atoms with Gasteiger partial charge in [0.15, 0.2) is 0 Å². The third-order valence-corrected chi connectivity index (χ3v) is 9.35. The Bertz CT molecular complexity index is 2540. The fourth-order valence-electron chi connectivity index (χ4n) is 7.20. The van der Waals surface area contributed by atoms with Gasteiger partial charge >= 0.3 is 0 Å². The van der Waals surface area contributed by atoms with Crippen LogP contribution in [0.4, 0.5) is 17.1 Å². The molecule has 0 saturated carbocycles. The van der Waals surface area contributed by atoms with Crippen molar-refractivity contribution in [2.45, 2.75) is 0 Å². The molecule has 2 nitrogen and oxygen atoms in total. The molecule has 0 N–H and O–H groups in total. The van der Waals surface area contributed by atoms with E-state index >= 15 is 0 Å². The van der Waals surface area contributed by atoms with Gasteiger partial charge in [-0.05, 0) is 82.2 Å². The molecule has 8 aromatic carbocycles. The van der Waals surface area contributed by atoms with E-state index < -0.39 is 0 Å². The van der Waals surface area contributed by atoms with Crippen LogP contribution in [-0.2, 0) is 0 Å². The quantitative estimate of drug-likeness (QED) is 0.181. The molecule has 0 aliphatic rings. The van der Waals surface area contributed by atoms with Crippen molar-refractivity contribution in [1.29, 1.82) is 0 Å². The fraction of sp³-hybridized carbons (Fsp3) is 0. The number of anilines is 3. The standard InChI is InChI=1S/C46H32N2/c1-4-15-33(16-5-1)36-21-12-24-38(31-36)47(43-27-13-20-34-19-10-11-25-40(34)43)39-29-30-44-42(32-39)46-41(35-17-6-2-7-18-35)26-14-28-45(46)48(44)37-22-8-3-9-23-37/h1-32H. The second-order valence-electron chi connectivity index (χ2n) is 12.2. The first-order valence-corrected chi connectivity index (χ1v) is 16.4. The van der Waals surface area contributed by atoms with Gasteiger partial charge in [-0.25, -0.2) is 0 Å². The van der Waals surface area contributed by atoms with Crippen LogP contribution in [0.25, 0.3) is 60.5 Å². The fourth-order valence-corrected chi connectivity index (χ4v) is 7.20. The highest BCUT2D eigenvalue weighted by Gasteiger charge is 2.21. The van der Waals surface area contributed by atoms with E-state index in [-0.39, 0.29) is 0 Å². The average molecular weight is 613 g/mol. The highest BCUT2D eigenvalue weighted by atomic mass is 15.1. The molecule has 0 saturated heterocycles. The van der Waals surface area contributed by atoms with Gasteiger partial charge in [-0.1, -0.05) is 140 Å². The summed E-state index contributed by atoms with van der Waals surface area (Å²) in [6.07, 6.45) is 0. The van der Waals surface area contributed by atoms with Crippen molar-refractivity contribution in [3.05, 3.63) is 194 Å². The summed E-state index contributed by atoms with van der Waals surface area (Å²) in [7, 11) is 0. The molecule has 0 bridgehead atoms. The Hall–Kier alpha value is -6.38. The van der Waals surface area contributed by atoms with E-state index in [0.29, 0.717) is 0 Å². The van der Waals surface area contributed by atoms with Crippen molar-refractivity contribution in [3.63, 3.8) is 0 Å². The molecule has 9 rings (SSSR count). The maximum absolute atomic E-state index is 2.42. The molecule has 48 heavy (non-hydrogen) atoms. The predicted molar refractivity (Wildman–Crippen MR) is 204 cm³/mol. The number of para-hydroxylation sites is 1. The predicted octanol–water partition coefficient (Wildman–Crippen LogP) is 12.7. The molecule has 0 aliphatic carbocycles. The van der Waals surface area contributed by atoms with Crippen molar-refractivity contribution in [3.8, 4) is 27.9 Å². The minimum absolute atomic E-state index is 1.11. The molecule has 0 radical (unpaired) electrons. The molecule has 1 heterocycles. The lowest BCUT2D eigenvalue weighted by atomic mass is 9.99. The Kier molecular flexibility index (Phi) is 6.84. The first-order chi connectivity index (χ1) is 23.8. The van der Waals surface area contributed by atoms with Crippen LogP contribution in [0.5, 0.6) is 0 Å². The second-order valence-corrected chi connectivity index (χ2v) is 12.2. The highest BCUT2D eigenvalue weighted by Crippen LogP contribution is 2.44. The van der Waals surface area contributed by atoms with E-state index in [1.165, 1.54) is 54.8 Å². The van der Waals surface area contributed by atoms with Gasteiger partial charge in [0.2, 0.25) is 0 Å². The summed E-state index contributed by atoms with van der Waals surface area (Å²) >= 11 is 0. The molecule has 1 aromatic heterocycles. The normalized spacial score (nSPS) is 11.3. The van der Waals surface area contributed by atoms with Crippen molar-refractivity contribution in [2.24, 2.45) is 0 Å². The summed E-state index contributed by atoms with van der Waals surface area (Å²) in [4.78, 5) is 2.42. The van der Waals surface area contributed by atoms with Crippen LogP contribution in [-0.4, -0.2) is 4.57 Å². The number of fused-ring (bicyclic) bond motifs is 4. The molecule has 9 aromatic rings. The molecule has 0 spiro atoms. The van der Waals surface area contributed by atoms with E-state index in [4.69, 9.17) is 0 Å². The van der Waals surface area contributed by atoms with Crippen LogP contribution in [0.1, 0.15) is 0 Å². The summed E-state index contributed by atoms with van der Waals surface area (Å²) in [5.41, 5.74) is 11.7. The Morgan fingerprint density at radius 2 is 1.00 bits per heavy atom. The SMILES string of the molecule is c1ccc(-c2cccc(N(c3ccc4c(c3)c3c(-c5ccccc5)cccc3n4-c3ccccc3)c3cccc4ccccc34)c2)cc1. The van der Waals surface area contributed by atoms with Crippen LogP contribution < -0.4 is 4.90 Å². The van der Waals surface area contributed by atoms with Gasteiger partial charge in [-0.2, -0.15) is 0 Å². The first-order valence-electron chi connectivity index (χ1n) is 16.4. The molecule has 226 valence electrons. The van der Waals surface area contributed by atoms with Crippen molar-refractivity contribution < 1.29 is 0 Å². The van der Waals surface area contributed by atoms with Crippen LogP contribution in [0.2, 0.25) is 0 Å². The zero-order valence-electron chi connectivity index (χ0n) is 26.4. The first kappa shape index (κ1) is 27.9. The maximum Gasteiger partial charge on any atom is 0.0547 e. The Labute approximate surface area is 280 Å². The van der Waals surface area contributed by atoms with Gasteiger partial charge in [-0.3, -0.25) is 0 Å². The van der Waals surface area contributed by atoms with E-state index in [0.717, 1.165) is 22.7 Å². The smallest absolute Gasteiger partial charge is 0.0547 e. The molecule has 0 atom stereocenters. The van der Waals surface area contributed by atoms with Gasteiger partial charge in [0.1, 0.15) is 0 Å². The van der Waals surface area contributed by atoms with Crippen LogP contribution >= 0.6 is 0 Å². The molecule has 0 amide bonds. The number of nitrogens with zero attached hydrogens (tertiary/aromatic N) is 2. The van der Waals surface area contributed by atoms with Crippen LogP contribution in [0.3, 0.4) is 0 Å². The monoisotopic (exact) mass is 612 g/mol. The zero-order chi connectivity index (χ0) is 31.9. The third kappa shape index (κ3) is 4.74. The maximum atomic E-state index is 2.42. The summed E-state index contributed by atoms with van der Waals surface area (Å²) in [5, 5.41) is 4.89. The molecule has 0 aliphatic heterocycles. The van der Waals surface area contributed by atoms with Crippen LogP contribution in [0, 0.1) is 0 Å². The van der Waals surface area contributed by atoms with Gasteiger partial charge < -0.3 is 9.47 Å². The summed E-state index contributed by atoms with van der Waals surface area (Å²) in [6.45, 7) is 0. The molecule has 2 heteroatoms. The van der Waals surface area contributed by atoms with E-state index in [1.807, 2.05) is 0 Å². The minimum atomic E-state index is 1.11. The Morgan fingerprint density at radius 3 is 1.81 bits per heavy atom. The van der Waals surface area contributed by atoms with E-state index in [1.54, 1.807) is 0 Å². The molecular weight excluding hydrogens is 581 g/mol. The summed E-state index contributed by atoms with van der Waals surface area (Å²) < 4.78 is 2.40. The molecule has 0 fully saturated rings.